The Kier molecular flexibility index (Phi) is 4.36. The summed E-state index contributed by atoms with van der Waals surface area (Å²) in [5.41, 5.74) is 0.584. The number of halogens is 1. The van der Waals surface area contributed by atoms with Gasteiger partial charge in [0.25, 0.3) is 5.91 Å². The molecule has 2 rings (SSSR count). The van der Waals surface area contributed by atoms with E-state index in [0.29, 0.717) is 5.56 Å². The first-order valence-electron chi connectivity index (χ1n) is 6.43. The Balaban J connectivity index is 2.36. The van der Waals surface area contributed by atoms with E-state index in [-0.39, 0.29) is 27.4 Å². The fraction of sp³-hybridized carbons (Fsp3) is 0.462. The van der Waals surface area contributed by atoms with Gasteiger partial charge >= 0.3 is 0 Å². The van der Waals surface area contributed by atoms with Crippen molar-refractivity contribution in [2.45, 2.75) is 43.5 Å². The highest BCUT2D eigenvalue weighted by molar-refractivity contribution is 7.89. The number of carbonyl (C=O) groups is 1. The summed E-state index contributed by atoms with van der Waals surface area (Å²) in [7, 11) is -3.90. The predicted octanol–water partition coefficient (Wildman–Crippen LogP) is 1.97. The molecule has 3 N–H and O–H groups in total. The van der Waals surface area contributed by atoms with Crippen LogP contribution in [-0.2, 0) is 10.0 Å². The van der Waals surface area contributed by atoms with Gasteiger partial charge < -0.3 is 5.32 Å². The second-order valence-electron chi connectivity index (χ2n) is 5.08. The van der Waals surface area contributed by atoms with E-state index in [4.69, 9.17) is 16.7 Å². The lowest BCUT2D eigenvalue weighted by Crippen LogP contribution is -2.33. The third-order valence-electron chi connectivity index (χ3n) is 3.57. The molecule has 20 heavy (non-hydrogen) atoms. The lowest BCUT2D eigenvalue weighted by molar-refractivity contribution is 0.0937. The van der Waals surface area contributed by atoms with Crippen molar-refractivity contribution in [2.24, 2.45) is 5.14 Å². The van der Waals surface area contributed by atoms with Crippen molar-refractivity contribution in [3.8, 4) is 0 Å². The number of amides is 1. The summed E-state index contributed by atoms with van der Waals surface area (Å²) in [6.07, 6.45) is 4.10. The molecule has 0 radical (unpaired) electrons. The molecule has 0 aromatic heterocycles. The second-order valence-corrected chi connectivity index (χ2v) is 7.04. The molecule has 0 bridgehead atoms. The van der Waals surface area contributed by atoms with E-state index < -0.39 is 10.0 Å². The van der Waals surface area contributed by atoms with Crippen LogP contribution in [0.2, 0.25) is 5.02 Å². The average Bonchev–Trinajstić information content (AvgIpc) is 2.83. The van der Waals surface area contributed by atoms with Crippen LogP contribution >= 0.6 is 11.6 Å². The van der Waals surface area contributed by atoms with Crippen molar-refractivity contribution >= 4 is 27.5 Å². The first-order chi connectivity index (χ1) is 9.29. The number of nitrogens with two attached hydrogens (primary N) is 1. The van der Waals surface area contributed by atoms with E-state index in [9.17, 15) is 13.2 Å². The van der Waals surface area contributed by atoms with Crippen LogP contribution in [0.1, 0.15) is 41.6 Å². The van der Waals surface area contributed by atoms with Crippen LogP contribution in [-0.4, -0.2) is 20.4 Å². The van der Waals surface area contributed by atoms with Gasteiger partial charge in [0.1, 0.15) is 0 Å². The van der Waals surface area contributed by atoms with Gasteiger partial charge in [0, 0.05) is 16.6 Å². The molecule has 0 saturated heterocycles. The topological polar surface area (TPSA) is 89.3 Å². The molecule has 1 amide bonds. The number of sulfonamides is 1. The van der Waals surface area contributed by atoms with Crippen LogP contribution in [0.4, 0.5) is 0 Å². The lowest BCUT2D eigenvalue weighted by Gasteiger charge is -2.15. The fourth-order valence-corrected chi connectivity index (χ4v) is 3.63. The van der Waals surface area contributed by atoms with E-state index in [2.05, 4.69) is 5.32 Å². The molecule has 1 aromatic rings. The molecule has 1 aromatic carbocycles. The monoisotopic (exact) mass is 316 g/mol. The lowest BCUT2D eigenvalue weighted by atomic mass is 10.1. The van der Waals surface area contributed by atoms with Gasteiger partial charge in [-0.1, -0.05) is 24.4 Å². The third kappa shape index (κ3) is 3.31. The molecular formula is C13H17ClN2O3S. The van der Waals surface area contributed by atoms with Gasteiger partial charge in [-0.05, 0) is 37.5 Å². The zero-order chi connectivity index (χ0) is 14.9. The largest absolute Gasteiger partial charge is 0.349 e. The number of rotatable bonds is 3. The van der Waals surface area contributed by atoms with Gasteiger partial charge in [-0.25, -0.2) is 13.6 Å². The number of carbonyl (C=O) groups excluding carboxylic acids is 1. The van der Waals surface area contributed by atoms with Gasteiger partial charge in [-0.15, -0.1) is 0 Å². The first-order valence-corrected chi connectivity index (χ1v) is 8.35. The Bertz CT molecular complexity index is 637. The second kappa shape index (κ2) is 5.71. The molecule has 1 fully saturated rings. The van der Waals surface area contributed by atoms with Gasteiger partial charge in [0.15, 0.2) is 0 Å². The quantitative estimate of drug-likeness (QED) is 0.893. The van der Waals surface area contributed by atoms with Gasteiger partial charge in [0.05, 0.1) is 4.90 Å². The smallest absolute Gasteiger partial charge is 0.251 e. The van der Waals surface area contributed by atoms with Crippen molar-refractivity contribution in [1.82, 2.24) is 5.32 Å². The van der Waals surface area contributed by atoms with Crippen LogP contribution in [0.15, 0.2) is 17.0 Å². The molecule has 0 aliphatic heterocycles. The highest BCUT2D eigenvalue weighted by Gasteiger charge is 2.22. The Morgan fingerprint density at radius 2 is 1.95 bits per heavy atom. The summed E-state index contributed by atoms with van der Waals surface area (Å²) in [4.78, 5) is 12.1. The molecule has 1 saturated carbocycles. The van der Waals surface area contributed by atoms with E-state index in [1.165, 1.54) is 12.1 Å². The van der Waals surface area contributed by atoms with Crippen LogP contribution in [0, 0.1) is 6.92 Å². The minimum absolute atomic E-state index is 0.110. The summed E-state index contributed by atoms with van der Waals surface area (Å²) in [6.45, 7) is 1.56. The van der Waals surface area contributed by atoms with E-state index in [1.54, 1.807) is 6.92 Å². The highest BCUT2D eigenvalue weighted by Crippen LogP contribution is 2.24. The molecule has 1 aliphatic carbocycles. The molecule has 7 heteroatoms. The van der Waals surface area contributed by atoms with Gasteiger partial charge in [0.2, 0.25) is 10.0 Å². The summed E-state index contributed by atoms with van der Waals surface area (Å²) < 4.78 is 23.0. The summed E-state index contributed by atoms with van der Waals surface area (Å²) in [6, 6.07) is 2.88. The van der Waals surface area contributed by atoms with Crippen molar-refractivity contribution in [1.29, 1.82) is 0 Å². The molecule has 1 aliphatic rings. The van der Waals surface area contributed by atoms with Crippen LogP contribution in [0.3, 0.4) is 0 Å². The molecule has 5 nitrogen and oxygen atoms in total. The summed E-state index contributed by atoms with van der Waals surface area (Å²) >= 11 is 5.89. The molecule has 0 heterocycles. The van der Waals surface area contributed by atoms with Crippen molar-refractivity contribution in [3.63, 3.8) is 0 Å². The summed E-state index contributed by atoms with van der Waals surface area (Å²) in [5, 5.41) is 8.23. The maximum atomic E-state index is 12.2. The molecular weight excluding hydrogens is 300 g/mol. The molecule has 0 atom stereocenters. The Labute approximate surface area is 123 Å². The normalized spacial score (nSPS) is 16.4. The fourth-order valence-electron chi connectivity index (χ4n) is 2.52. The van der Waals surface area contributed by atoms with Gasteiger partial charge in [-0.3, -0.25) is 4.79 Å². The van der Waals surface area contributed by atoms with Crippen molar-refractivity contribution in [3.05, 3.63) is 28.3 Å². The standard InChI is InChI=1S/C13H17ClN2O3S/c1-8-11(13(17)16-10-4-2-3-5-10)6-9(14)7-12(8)20(15,18)19/h6-7,10H,2-5H2,1H3,(H,16,17)(H2,15,18,19). The average molecular weight is 317 g/mol. The molecule has 110 valence electrons. The highest BCUT2D eigenvalue weighted by atomic mass is 35.5. The SMILES string of the molecule is Cc1c(C(=O)NC2CCCC2)cc(Cl)cc1S(N)(=O)=O. The third-order valence-corrected chi connectivity index (χ3v) is 4.82. The maximum Gasteiger partial charge on any atom is 0.251 e. The van der Waals surface area contributed by atoms with Crippen molar-refractivity contribution < 1.29 is 13.2 Å². The molecule has 0 unspecified atom stereocenters. The maximum absolute atomic E-state index is 12.2. The minimum Gasteiger partial charge on any atom is -0.349 e. The number of nitrogens with one attached hydrogen (secondary N) is 1. The predicted molar refractivity (Wildman–Crippen MR) is 77.3 cm³/mol. The van der Waals surface area contributed by atoms with Crippen LogP contribution in [0.25, 0.3) is 0 Å². The molecule has 0 spiro atoms. The zero-order valence-corrected chi connectivity index (χ0v) is 12.7. The number of benzene rings is 1. The zero-order valence-electron chi connectivity index (χ0n) is 11.1. The van der Waals surface area contributed by atoms with Crippen LogP contribution in [0.5, 0.6) is 0 Å². The van der Waals surface area contributed by atoms with Crippen molar-refractivity contribution in [2.75, 3.05) is 0 Å². The number of primary sulfonamides is 1. The van der Waals surface area contributed by atoms with E-state index in [1.807, 2.05) is 0 Å². The number of hydrogen-bond donors (Lipinski definition) is 2. The van der Waals surface area contributed by atoms with E-state index >= 15 is 0 Å². The van der Waals surface area contributed by atoms with Crippen LogP contribution < -0.4 is 10.5 Å². The van der Waals surface area contributed by atoms with Gasteiger partial charge in [-0.2, -0.15) is 0 Å². The minimum atomic E-state index is -3.90. The Morgan fingerprint density at radius 3 is 2.50 bits per heavy atom. The number of hydrogen-bond acceptors (Lipinski definition) is 3. The Hall–Kier alpha value is -1.11. The first kappa shape index (κ1) is 15.3. The summed E-state index contributed by atoms with van der Waals surface area (Å²) in [5.74, 6) is -0.304. The van der Waals surface area contributed by atoms with E-state index in [0.717, 1.165) is 25.7 Å². The Morgan fingerprint density at radius 1 is 1.35 bits per heavy atom.